The molecule has 1 N–H and O–H groups in total. The Morgan fingerprint density at radius 1 is 1.31 bits per heavy atom. The van der Waals surface area contributed by atoms with Gasteiger partial charge in [-0.2, -0.15) is 0 Å². The van der Waals surface area contributed by atoms with Crippen LogP contribution in [0.25, 0.3) is 11.1 Å². The lowest BCUT2D eigenvalue weighted by Crippen LogP contribution is -2.17. The van der Waals surface area contributed by atoms with Gasteiger partial charge in [0, 0.05) is 16.7 Å². The van der Waals surface area contributed by atoms with Gasteiger partial charge in [-0.3, -0.25) is 4.79 Å². The van der Waals surface area contributed by atoms with E-state index in [1.807, 2.05) is 22.6 Å². The van der Waals surface area contributed by atoms with Crippen molar-refractivity contribution < 1.29 is 22.7 Å². The number of aromatic nitrogens is 1. The first-order chi connectivity index (χ1) is 12.3. The van der Waals surface area contributed by atoms with Crippen LogP contribution in [0, 0.1) is 15.2 Å². The molecule has 26 heavy (non-hydrogen) atoms. The quantitative estimate of drug-likeness (QED) is 0.459. The highest BCUT2D eigenvalue weighted by Gasteiger charge is 2.27. The van der Waals surface area contributed by atoms with E-state index in [0.717, 1.165) is 10.6 Å². The Hall–Kier alpha value is -2.43. The SMILES string of the molecule is CCOC(=O)c1oc2c(F)cc(=O)n(C)c2c1Nc1ccc(I)cc1F. The summed E-state index contributed by atoms with van der Waals surface area (Å²) in [6.07, 6.45) is 0. The number of benzene rings is 1. The number of pyridine rings is 1. The van der Waals surface area contributed by atoms with Crippen molar-refractivity contribution in [1.29, 1.82) is 0 Å². The number of ether oxygens (including phenoxy) is 1. The summed E-state index contributed by atoms with van der Waals surface area (Å²) in [4.78, 5) is 24.1. The van der Waals surface area contributed by atoms with E-state index >= 15 is 0 Å². The summed E-state index contributed by atoms with van der Waals surface area (Å²) in [5.41, 5.74) is -0.954. The molecule has 0 saturated heterocycles. The lowest BCUT2D eigenvalue weighted by atomic mass is 10.2. The molecular formula is C17H13F2IN2O4. The molecule has 9 heteroatoms. The van der Waals surface area contributed by atoms with Gasteiger partial charge in [0.15, 0.2) is 11.4 Å². The molecule has 0 aliphatic rings. The number of fused-ring (bicyclic) bond motifs is 1. The van der Waals surface area contributed by atoms with Gasteiger partial charge in [-0.05, 0) is 47.7 Å². The number of nitrogens with zero attached hydrogens (tertiary/aromatic N) is 1. The Labute approximate surface area is 159 Å². The molecule has 136 valence electrons. The van der Waals surface area contributed by atoms with Crippen LogP contribution in [0.2, 0.25) is 0 Å². The van der Waals surface area contributed by atoms with E-state index < -0.39 is 23.2 Å². The standard InChI is InChI=1S/C17H13F2IN2O4/c1-3-25-17(24)16-13(21-11-5-4-8(20)6-9(11)18)14-15(26-16)10(19)7-12(23)22(14)2/h4-7,21H,3H2,1-2H3. The van der Waals surface area contributed by atoms with Crippen LogP contribution in [0.3, 0.4) is 0 Å². The van der Waals surface area contributed by atoms with Crippen LogP contribution in [0.5, 0.6) is 0 Å². The number of hydrogen-bond donors (Lipinski definition) is 1. The zero-order valence-corrected chi connectivity index (χ0v) is 15.9. The van der Waals surface area contributed by atoms with Crippen LogP contribution >= 0.6 is 22.6 Å². The molecule has 3 aromatic rings. The minimum atomic E-state index is -0.926. The Balaban J connectivity index is 2.28. The number of carbonyl (C=O) groups excluding carboxylic acids is 1. The topological polar surface area (TPSA) is 73.5 Å². The number of halogens is 3. The minimum absolute atomic E-state index is 0.00370. The monoisotopic (exact) mass is 474 g/mol. The number of rotatable bonds is 4. The number of esters is 1. The Morgan fingerprint density at radius 3 is 2.69 bits per heavy atom. The number of carbonyl (C=O) groups is 1. The van der Waals surface area contributed by atoms with E-state index in [9.17, 15) is 18.4 Å². The summed E-state index contributed by atoms with van der Waals surface area (Å²) in [5, 5.41) is 2.73. The molecule has 3 rings (SSSR count). The Kier molecular flexibility index (Phi) is 4.99. The van der Waals surface area contributed by atoms with Gasteiger partial charge in [0.2, 0.25) is 5.76 Å². The highest BCUT2D eigenvalue weighted by Crippen LogP contribution is 2.35. The normalized spacial score (nSPS) is 11.0. The van der Waals surface area contributed by atoms with Gasteiger partial charge >= 0.3 is 5.97 Å². The second kappa shape index (κ2) is 7.06. The lowest BCUT2D eigenvalue weighted by Gasteiger charge is -2.09. The third-order valence-corrected chi connectivity index (χ3v) is 4.34. The van der Waals surface area contributed by atoms with Crippen LogP contribution < -0.4 is 10.9 Å². The zero-order chi connectivity index (χ0) is 19.0. The second-order valence-electron chi connectivity index (χ2n) is 5.34. The number of anilines is 2. The van der Waals surface area contributed by atoms with Crippen LogP contribution in [0.1, 0.15) is 17.5 Å². The van der Waals surface area contributed by atoms with Crippen LogP contribution in [0.4, 0.5) is 20.2 Å². The van der Waals surface area contributed by atoms with Crippen molar-refractivity contribution >= 4 is 51.0 Å². The van der Waals surface area contributed by atoms with Gasteiger partial charge in [-0.15, -0.1) is 0 Å². The second-order valence-corrected chi connectivity index (χ2v) is 6.59. The molecule has 0 bridgehead atoms. The summed E-state index contributed by atoms with van der Waals surface area (Å²) in [6.45, 7) is 1.66. The first kappa shape index (κ1) is 18.4. The van der Waals surface area contributed by atoms with E-state index in [4.69, 9.17) is 9.15 Å². The molecule has 6 nitrogen and oxygen atoms in total. The fourth-order valence-electron chi connectivity index (χ4n) is 2.47. The maximum atomic E-state index is 14.2. The van der Waals surface area contributed by atoms with Crippen molar-refractivity contribution in [3.63, 3.8) is 0 Å². The molecule has 0 aliphatic carbocycles. The van der Waals surface area contributed by atoms with Crippen molar-refractivity contribution in [2.24, 2.45) is 7.05 Å². The molecule has 0 amide bonds. The Morgan fingerprint density at radius 2 is 2.04 bits per heavy atom. The molecule has 0 aliphatic heterocycles. The van der Waals surface area contributed by atoms with Crippen molar-refractivity contribution in [2.45, 2.75) is 6.92 Å². The van der Waals surface area contributed by atoms with Crippen molar-refractivity contribution in [3.05, 3.63) is 55.6 Å². The number of furan rings is 1. The van der Waals surface area contributed by atoms with Crippen molar-refractivity contribution in [1.82, 2.24) is 4.57 Å². The molecule has 0 atom stereocenters. The van der Waals surface area contributed by atoms with Crippen molar-refractivity contribution in [2.75, 3.05) is 11.9 Å². The van der Waals surface area contributed by atoms with E-state index in [2.05, 4.69) is 5.32 Å². The van der Waals surface area contributed by atoms with Crippen LogP contribution in [-0.4, -0.2) is 17.1 Å². The van der Waals surface area contributed by atoms with Gasteiger partial charge in [0.1, 0.15) is 17.0 Å². The zero-order valence-electron chi connectivity index (χ0n) is 13.7. The molecule has 2 heterocycles. The average Bonchev–Trinajstić information content (AvgIpc) is 2.95. The smallest absolute Gasteiger partial charge is 0.376 e. The summed E-state index contributed by atoms with van der Waals surface area (Å²) >= 11 is 1.95. The average molecular weight is 474 g/mol. The maximum absolute atomic E-state index is 14.2. The predicted molar refractivity (Wildman–Crippen MR) is 99.8 cm³/mol. The van der Waals surface area contributed by atoms with Gasteiger partial charge in [-0.1, -0.05) is 0 Å². The van der Waals surface area contributed by atoms with Crippen LogP contribution in [-0.2, 0) is 11.8 Å². The molecule has 0 radical (unpaired) electrons. The molecule has 0 spiro atoms. The molecular weight excluding hydrogens is 461 g/mol. The third kappa shape index (κ3) is 3.18. The van der Waals surface area contributed by atoms with Gasteiger partial charge < -0.3 is 19.0 Å². The van der Waals surface area contributed by atoms with Crippen LogP contribution in [0.15, 0.2) is 33.5 Å². The van der Waals surface area contributed by atoms with Gasteiger partial charge in [-0.25, -0.2) is 13.6 Å². The maximum Gasteiger partial charge on any atom is 0.376 e. The molecule has 2 aromatic heterocycles. The molecule has 1 aromatic carbocycles. The highest BCUT2D eigenvalue weighted by molar-refractivity contribution is 14.1. The van der Waals surface area contributed by atoms with E-state index in [0.29, 0.717) is 3.57 Å². The van der Waals surface area contributed by atoms with Gasteiger partial charge in [0.05, 0.1) is 12.3 Å². The van der Waals surface area contributed by atoms with Gasteiger partial charge in [0.25, 0.3) is 5.56 Å². The third-order valence-electron chi connectivity index (χ3n) is 3.67. The summed E-state index contributed by atoms with van der Waals surface area (Å²) in [5.74, 6) is -2.71. The Bertz CT molecular complexity index is 1070. The minimum Gasteiger partial charge on any atom is -0.460 e. The molecule has 0 unspecified atom stereocenters. The lowest BCUT2D eigenvalue weighted by molar-refractivity contribution is 0.0494. The summed E-state index contributed by atoms with van der Waals surface area (Å²) in [7, 11) is 1.39. The van der Waals surface area contributed by atoms with E-state index in [1.165, 1.54) is 19.2 Å². The summed E-state index contributed by atoms with van der Waals surface area (Å²) < 4.78 is 40.4. The first-order valence-electron chi connectivity index (χ1n) is 7.54. The largest absolute Gasteiger partial charge is 0.460 e. The fourth-order valence-corrected chi connectivity index (χ4v) is 2.92. The number of hydrogen-bond acceptors (Lipinski definition) is 5. The summed E-state index contributed by atoms with van der Waals surface area (Å²) in [6, 6.07) is 5.14. The van der Waals surface area contributed by atoms with E-state index in [-0.39, 0.29) is 34.8 Å². The molecule has 0 saturated carbocycles. The first-order valence-corrected chi connectivity index (χ1v) is 8.62. The molecule has 0 fully saturated rings. The van der Waals surface area contributed by atoms with E-state index in [1.54, 1.807) is 13.0 Å². The van der Waals surface area contributed by atoms with Crippen molar-refractivity contribution in [3.8, 4) is 0 Å². The fraction of sp³-hybridized carbons (Fsp3) is 0.176. The number of aryl methyl sites for hydroxylation is 1. The highest BCUT2D eigenvalue weighted by atomic mass is 127. The predicted octanol–water partition coefficient (Wildman–Crippen LogP) is 3.93. The number of nitrogens with one attached hydrogen (secondary N) is 1.